The second-order valence-corrected chi connectivity index (χ2v) is 4.98. The number of aromatic nitrogens is 2. The first-order valence-electron chi connectivity index (χ1n) is 5.82. The largest absolute Gasteiger partial charge is 0.484 e. The molecule has 0 N–H and O–H groups in total. The Kier molecular flexibility index (Phi) is 3.21. The van der Waals surface area contributed by atoms with Gasteiger partial charge in [-0.1, -0.05) is 12.1 Å². The van der Waals surface area contributed by atoms with Gasteiger partial charge < -0.3 is 9.15 Å². The van der Waals surface area contributed by atoms with Gasteiger partial charge in [0.2, 0.25) is 5.89 Å². The van der Waals surface area contributed by atoms with Crippen LogP contribution in [0.15, 0.2) is 45.4 Å². The zero-order valence-corrected chi connectivity index (χ0v) is 11.8. The van der Waals surface area contributed by atoms with Crippen molar-refractivity contribution in [2.45, 2.75) is 13.5 Å². The van der Waals surface area contributed by atoms with E-state index >= 15 is 0 Å². The Morgan fingerprint density at radius 3 is 2.95 bits per heavy atom. The Balaban J connectivity index is 1.78. The fourth-order valence-corrected chi connectivity index (χ4v) is 2.05. The lowest BCUT2D eigenvalue weighted by Crippen LogP contribution is -1.95. The molecule has 3 rings (SSSR count). The third-order valence-electron chi connectivity index (χ3n) is 2.62. The van der Waals surface area contributed by atoms with Crippen LogP contribution in [0.4, 0.5) is 0 Å². The first-order chi connectivity index (χ1) is 9.20. The van der Waals surface area contributed by atoms with Crippen LogP contribution in [-0.4, -0.2) is 9.97 Å². The predicted octanol–water partition coefficient (Wildman–Crippen LogP) is 3.87. The predicted molar refractivity (Wildman–Crippen MR) is 75.0 cm³/mol. The maximum Gasteiger partial charge on any atom is 0.235 e. The van der Waals surface area contributed by atoms with Gasteiger partial charge in [-0.05, 0) is 52.7 Å². The number of hydrogen-bond acceptors (Lipinski definition) is 4. The molecular weight excluding hydrogens is 308 g/mol. The summed E-state index contributed by atoms with van der Waals surface area (Å²) >= 11 is 3.30. The van der Waals surface area contributed by atoms with E-state index in [1.807, 2.05) is 43.3 Å². The molecule has 2 heterocycles. The second kappa shape index (κ2) is 5.01. The number of benzene rings is 1. The van der Waals surface area contributed by atoms with Gasteiger partial charge in [0.15, 0.2) is 17.8 Å². The summed E-state index contributed by atoms with van der Waals surface area (Å²) in [6.45, 7) is 2.31. The minimum Gasteiger partial charge on any atom is -0.484 e. The highest BCUT2D eigenvalue weighted by atomic mass is 79.9. The van der Waals surface area contributed by atoms with Crippen molar-refractivity contribution in [3.05, 3.63) is 52.5 Å². The quantitative estimate of drug-likeness (QED) is 0.688. The third kappa shape index (κ3) is 2.76. The molecule has 5 heteroatoms. The van der Waals surface area contributed by atoms with Crippen LogP contribution in [0.5, 0.6) is 5.75 Å². The van der Waals surface area contributed by atoms with Crippen LogP contribution in [0.1, 0.15) is 11.5 Å². The van der Waals surface area contributed by atoms with Crippen LogP contribution in [0, 0.1) is 6.92 Å². The topological polar surface area (TPSA) is 48.2 Å². The molecule has 19 heavy (non-hydrogen) atoms. The molecular formula is C14H11BrN2O2. The van der Waals surface area contributed by atoms with Crippen molar-refractivity contribution in [2.75, 3.05) is 0 Å². The van der Waals surface area contributed by atoms with Crippen molar-refractivity contribution in [3.63, 3.8) is 0 Å². The number of rotatable bonds is 3. The van der Waals surface area contributed by atoms with Crippen molar-refractivity contribution in [3.8, 4) is 5.75 Å². The third-order valence-corrected chi connectivity index (χ3v) is 3.06. The minimum atomic E-state index is 0.289. The molecule has 4 nitrogen and oxygen atoms in total. The molecule has 2 aromatic heterocycles. The standard InChI is InChI=1S/C14H11BrN2O2/c1-9-3-2-4-10(7-9)18-8-13-17-14-11(19-13)5-6-12(15)16-14/h2-7H,8H2,1H3. The van der Waals surface area contributed by atoms with Gasteiger partial charge in [0.05, 0.1) is 0 Å². The smallest absolute Gasteiger partial charge is 0.235 e. The van der Waals surface area contributed by atoms with E-state index in [0.717, 1.165) is 15.9 Å². The van der Waals surface area contributed by atoms with Crippen molar-refractivity contribution < 1.29 is 9.15 Å². The number of oxazole rings is 1. The molecule has 0 saturated carbocycles. The van der Waals surface area contributed by atoms with Gasteiger partial charge in [-0.2, -0.15) is 4.98 Å². The van der Waals surface area contributed by atoms with Crippen LogP contribution >= 0.6 is 15.9 Å². The SMILES string of the molecule is Cc1cccc(OCc2nc3nc(Br)ccc3o2)c1. The van der Waals surface area contributed by atoms with Crippen molar-refractivity contribution in [2.24, 2.45) is 0 Å². The molecule has 1 aromatic carbocycles. The molecule has 0 aliphatic heterocycles. The van der Waals surface area contributed by atoms with E-state index in [4.69, 9.17) is 9.15 Å². The van der Waals surface area contributed by atoms with E-state index in [1.54, 1.807) is 0 Å². The van der Waals surface area contributed by atoms with Crippen molar-refractivity contribution in [1.29, 1.82) is 0 Å². The van der Waals surface area contributed by atoms with Gasteiger partial charge in [-0.25, -0.2) is 4.98 Å². The molecule has 0 amide bonds. The Morgan fingerprint density at radius 2 is 2.11 bits per heavy atom. The van der Waals surface area contributed by atoms with E-state index in [1.165, 1.54) is 0 Å². The fraction of sp³-hybridized carbons (Fsp3) is 0.143. The maximum atomic E-state index is 5.64. The average Bonchev–Trinajstić information content (AvgIpc) is 2.78. The summed E-state index contributed by atoms with van der Waals surface area (Å²) in [7, 11) is 0. The summed E-state index contributed by atoms with van der Waals surface area (Å²) < 4.78 is 11.9. The lowest BCUT2D eigenvalue weighted by atomic mass is 10.2. The number of aryl methyl sites for hydroxylation is 1. The number of hydrogen-bond donors (Lipinski definition) is 0. The van der Waals surface area contributed by atoms with E-state index in [2.05, 4.69) is 25.9 Å². The van der Waals surface area contributed by atoms with E-state index in [9.17, 15) is 0 Å². The van der Waals surface area contributed by atoms with E-state index in [0.29, 0.717) is 17.1 Å². The molecule has 0 spiro atoms. The Hall–Kier alpha value is -1.88. The molecule has 0 atom stereocenters. The van der Waals surface area contributed by atoms with Gasteiger partial charge >= 0.3 is 0 Å². The number of nitrogens with zero attached hydrogens (tertiary/aromatic N) is 2. The Bertz CT molecular complexity index is 724. The summed E-state index contributed by atoms with van der Waals surface area (Å²) in [6.07, 6.45) is 0. The molecule has 0 radical (unpaired) electrons. The minimum absolute atomic E-state index is 0.289. The molecule has 0 saturated heterocycles. The van der Waals surface area contributed by atoms with Gasteiger partial charge in [-0.3, -0.25) is 0 Å². The summed E-state index contributed by atoms with van der Waals surface area (Å²) in [5.41, 5.74) is 2.39. The number of ether oxygens (including phenoxy) is 1. The van der Waals surface area contributed by atoms with Crippen LogP contribution in [0.2, 0.25) is 0 Å². The van der Waals surface area contributed by atoms with E-state index in [-0.39, 0.29) is 6.61 Å². The summed E-state index contributed by atoms with van der Waals surface area (Å²) in [5, 5.41) is 0. The number of halogens is 1. The first kappa shape index (κ1) is 12.2. The van der Waals surface area contributed by atoms with Crippen LogP contribution in [0.3, 0.4) is 0 Å². The second-order valence-electron chi connectivity index (χ2n) is 4.17. The molecule has 96 valence electrons. The fourth-order valence-electron chi connectivity index (χ4n) is 1.75. The van der Waals surface area contributed by atoms with Crippen LogP contribution in [-0.2, 0) is 6.61 Å². The molecule has 0 aliphatic rings. The van der Waals surface area contributed by atoms with Gasteiger partial charge in [-0.15, -0.1) is 0 Å². The number of pyridine rings is 1. The zero-order chi connectivity index (χ0) is 13.2. The van der Waals surface area contributed by atoms with E-state index < -0.39 is 0 Å². The first-order valence-corrected chi connectivity index (χ1v) is 6.61. The molecule has 0 bridgehead atoms. The highest BCUT2D eigenvalue weighted by molar-refractivity contribution is 9.10. The summed E-state index contributed by atoms with van der Waals surface area (Å²) in [6, 6.07) is 11.5. The lowest BCUT2D eigenvalue weighted by Gasteiger charge is -2.03. The lowest BCUT2D eigenvalue weighted by molar-refractivity contribution is 0.267. The molecule has 3 aromatic rings. The van der Waals surface area contributed by atoms with Crippen LogP contribution < -0.4 is 4.74 Å². The van der Waals surface area contributed by atoms with Crippen LogP contribution in [0.25, 0.3) is 11.2 Å². The van der Waals surface area contributed by atoms with Gasteiger partial charge in [0.25, 0.3) is 0 Å². The maximum absolute atomic E-state index is 5.64. The van der Waals surface area contributed by atoms with Crippen molar-refractivity contribution in [1.82, 2.24) is 9.97 Å². The molecule has 0 fully saturated rings. The monoisotopic (exact) mass is 318 g/mol. The molecule has 0 aliphatic carbocycles. The normalized spacial score (nSPS) is 10.8. The van der Waals surface area contributed by atoms with Gasteiger partial charge in [0.1, 0.15) is 10.4 Å². The summed E-state index contributed by atoms with van der Waals surface area (Å²) in [4.78, 5) is 8.50. The summed E-state index contributed by atoms with van der Waals surface area (Å²) in [5.74, 6) is 1.32. The number of fused-ring (bicyclic) bond motifs is 1. The molecule has 0 unspecified atom stereocenters. The van der Waals surface area contributed by atoms with Gasteiger partial charge in [0, 0.05) is 0 Å². The Morgan fingerprint density at radius 1 is 1.21 bits per heavy atom. The highest BCUT2D eigenvalue weighted by Crippen LogP contribution is 2.19. The zero-order valence-electron chi connectivity index (χ0n) is 10.3. The Labute approximate surface area is 118 Å². The average molecular weight is 319 g/mol. The highest BCUT2D eigenvalue weighted by Gasteiger charge is 2.08. The van der Waals surface area contributed by atoms with Crippen molar-refractivity contribution >= 4 is 27.2 Å².